The van der Waals surface area contributed by atoms with Crippen molar-refractivity contribution >= 4 is 47.8 Å². The highest BCUT2D eigenvalue weighted by atomic mass is 32.2. The second-order valence-corrected chi connectivity index (χ2v) is 15.4. The number of nitrogens with one attached hydrogen (secondary N) is 3. The van der Waals surface area contributed by atoms with Crippen LogP contribution < -0.4 is 27.2 Å². The fourth-order valence-corrected chi connectivity index (χ4v) is 8.20. The van der Waals surface area contributed by atoms with E-state index in [1.165, 1.54) is 57.4 Å². The van der Waals surface area contributed by atoms with Gasteiger partial charge in [-0.05, 0) is 75.9 Å². The third-order valence-electron chi connectivity index (χ3n) is 8.12. The van der Waals surface area contributed by atoms with E-state index in [4.69, 9.17) is 0 Å². The zero-order valence-electron chi connectivity index (χ0n) is 25.1. The van der Waals surface area contributed by atoms with E-state index in [9.17, 15) is 40.8 Å². The Morgan fingerprint density at radius 1 is 0.778 bits per heavy atom. The van der Waals surface area contributed by atoms with Gasteiger partial charge in [0, 0.05) is 26.6 Å². The van der Waals surface area contributed by atoms with Crippen molar-refractivity contribution in [3.05, 3.63) is 78.1 Å². The summed E-state index contributed by atoms with van der Waals surface area (Å²) >= 11 is 0. The molecule has 4 aromatic rings. The highest BCUT2D eigenvalue weighted by molar-refractivity contribution is 7.90. The zero-order chi connectivity index (χ0) is 33.3. The quantitative estimate of drug-likeness (QED) is 0.261. The van der Waals surface area contributed by atoms with Gasteiger partial charge in [-0.1, -0.05) is 0 Å². The minimum atomic E-state index is -4.08. The van der Waals surface area contributed by atoms with E-state index < -0.39 is 54.0 Å². The van der Waals surface area contributed by atoms with Crippen LogP contribution >= 0.6 is 0 Å². The molecule has 2 saturated carbocycles. The summed E-state index contributed by atoms with van der Waals surface area (Å²) in [6.45, 7) is 4.75. The van der Waals surface area contributed by atoms with Crippen LogP contribution in [0.25, 0.3) is 21.8 Å². The normalized spacial score (nSPS) is 16.6. The summed E-state index contributed by atoms with van der Waals surface area (Å²) in [7, 11) is -5.12. The Labute approximate surface area is 256 Å². The number of sulfonamides is 2. The highest BCUT2D eigenvalue weighted by Crippen LogP contribution is 2.44. The Morgan fingerprint density at radius 2 is 1.22 bits per heavy atom. The van der Waals surface area contributed by atoms with Crippen molar-refractivity contribution in [2.45, 2.75) is 67.3 Å². The van der Waals surface area contributed by atoms with Crippen molar-refractivity contribution < 1.29 is 21.6 Å². The summed E-state index contributed by atoms with van der Waals surface area (Å²) in [6.07, 6.45) is 2.81. The summed E-state index contributed by atoms with van der Waals surface area (Å²) in [4.78, 5) is 64.2. The Kier molecular flexibility index (Phi) is 7.57. The summed E-state index contributed by atoms with van der Waals surface area (Å²) in [6, 6.07) is 7.95. The molecule has 6 rings (SSSR count). The molecule has 2 aromatic carbocycles. The lowest BCUT2D eigenvalue weighted by atomic mass is 10.2. The number of nitrogens with zero attached hydrogens (tertiary/aromatic N) is 3. The van der Waals surface area contributed by atoms with Crippen molar-refractivity contribution in [1.29, 1.82) is 0 Å². The summed E-state index contributed by atoms with van der Waals surface area (Å²) < 4.78 is 55.7. The number of hydrogen-bond donors (Lipinski definition) is 3. The van der Waals surface area contributed by atoms with Gasteiger partial charge in [-0.2, -0.15) is 0 Å². The Bertz CT molecular complexity index is 2360. The second-order valence-electron chi connectivity index (χ2n) is 12.0. The molecule has 3 N–H and O–H groups in total. The number of fused-ring (bicyclic) bond motifs is 2. The minimum absolute atomic E-state index is 0.0206. The van der Waals surface area contributed by atoms with Crippen LogP contribution in [-0.4, -0.2) is 57.2 Å². The van der Waals surface area contributed by atoms with Gasteiger partial charge in [0.25, 0.3) is 21.1 Å². The summed E-state index contributed by atoms with van der Waals surface area (Å²) in [5.74, 6) is -0.565. The molecule has 2 aliphatic carbocycles. The number of aromatic amines is 2. The van der Waals surface area contributed by atoms with E-state index >= 15 is 0 Å². The predicted molar refractivity (Wildman–Crippen MR) is 165 cm³/mol. The first-order valence-corrected chi connectivity index (χ1v) is 16.8. The molecule has 0 bridgehead atoms. The summed E-state index contributed by atoms with van der Waals surface area (Å²) in [5.41, 5.74) is -2.78. The maximum Gasteiger partial charge on any atom is 0.328 e. The van der Waals surface area contributed by atoms with Crippen LogP contribution in [0.1, 0.15) is 46.5 Å². The molecule has 17 heteroatoms. The van der Waals surface area contributed by atoms with Gasteiger partial charge in [0.2, 0.25) is 15.9 Å². The van der Waals surface area contributed by atoms with Gasteiger partial charge in [-0.25, -0.2) is 35.5 Å². The average molecular weight is 661 g/mol. The van der Waals surface area contributed by atoms with Gasteiger partial charge in [0.15, 0.2) is 0 Å². The number of hydrogen-bond acceptors (Lipinski definition) is 9. The largest absolute Gasteiger partial charge is 0.328 e. The van der Waals surface area contributed by atoms with E-state index in [1.807, 2.05) is 6.92 Å². The molecule has 2 fully saturated rings. The molecule has 0 saturated heterocycles. The second kappa shape index (κ2) is 10.6. The van der Waals surface area contributed by atoms with E-state index in [0.717, 1.165) is 26.3 Å². The van der Waals surface area contributed by atoms with Gasteiger partial charge >= 0.3 is 11.4 Å². The van der Waals surface area contributed by atoms with Gasteiger partial charge in [-0.15, -0.1) is 0 Å². The third-order valence-corrected chi connectivity index (χ3v) is 11.8. The van der Waals surface area contributed by atoms with Crippen LogP contribution in [-0.2, 0) is 38.9 Å². The maximum atomic E-state index is 12.9. The van der Waals surface area contributed by atoms with Gasteiger partial charge < -0.3 is 9.97 Å². The van der Waals surface area contributed by atoms with Crippen LogP contribution in [0.2, 0.25) is 0 Å². The first-order valence-electron chi connectivity index (χ1n) is 13.9. The van der Waals surface area contributed by atoms with Crippen molar-refractivity contribution in [2.75, 3.05) is 0 Å². The lowest BCUT2D eigenvalue weighted by Crippen LogP contribution is -2.43. The monoisotopic (exact) mass is 660 g/mol. The first kappa shape index (κ1) is 32.1. The number of H-pyrrole nitrogens is 2. The van der Waals surface area contributed by atoms with Crippen LogP contribution in [0.5, 0.6) is 0 Å². The molecule has 0 radical (unpaired) electrons. The molecule has 0 unspecified atom stereocenters. The SMILES string of the molecule is CC(=O)N(C1(C)CC1)S(=O)(=O)c1ccc2[nH]c(=O)n(C)c(=O)c2c1.Cn1c(=O)[nH]c2ccc(S(=O)(=O)NC3(C)CC3)cc2c1=O. The van der Waals surface area contributed by atoms with E-state index in [2.05, 4.69) is 14.7 Å². The maximum absolute atomic E-state index is 12.9. The fraction of sp³-hybridized carbons (Fsp3) is 0.393. The lowest BCUT2D eigenvalue weighted by Gasteiger charge is -2.27. The van der Waals surface area contributed by atoms with E-state index in [0.29, 0.717) is 18.4 Å². The highest BCUT2D eigenvalue weighted by Gasteiger charge is 2.51. The smallest absolute Gasteiger partial charge is 0.307 e. The van der Waals surface area contributed by atoms with Gasteiger partial charge in [0.05, 0.1) is 37.1 Å². The molecule has 2 aromatic heterocycles. The predicted octanol–water partition coefficient (Wildman–Crippen LogP) is 0.374. The number of carbonyl (C=O) groups is 1. The molecule has 0 aliphatic heterocycles. The molecule has 2 heterocycles. The van der Waals surface area contributed by atoms with Crippen LogP contribution in [0, 0.1) is 0 Å². The number of benzene rings is 2. The number of aromatic nitrogens is 4. The molecule has 2 aliphatic rings. The lowest BCUT2D eigenvalue weighted by molar-refractivity contribution is -0.125. The molecule has 45 heavy (non-hydrogen) atoms. The number of carbonyl (C=O) groups excluding carboxylic acids is 1. The minimum Gasteiger partial charge on any atom is -0.307 e. The van der Waals surface area contributed by atoms with Crippen LogP contribution in [0.3, 0.4) is 0 Å². The Morgan fingerprint density at radius 3 is 1.64 bits per heavy atom. The van der Waals surface area contributed by atoms with Crippen LogP contribution in [0.15, 0.2) is 65.4 Å². The standard InChI is InChI=1S/C15H17N3O5S.C13H15N3O4S/c1-9(19)18(15(2)6-7-15)24(22,23)10-4-5-12-11(8-10)13(20)17(3)14(21)16-12;1-13(5-6-13)15-21(19,20)8-3-4-10-9(7-8)11(17)16(2)12(18)14-10/h4-5,8H,6-7H2,1-3H3,(H,16,21);3-4,7,15H,5-6H2,1-2H3,(H,14,18). The molecular formula is C28H32N6O9S2. The van der Waals surface area contributed by atoms with Gasteiger partial charge in [-0.3, -0.25) is 23.5 Å². The van der Waals surface area contributed by atoms with Gasteiger partial charge in [0.1, 0.15) is 0 Å². The fourth-order valence-electron chi connectivity index (χ4n) is 4.89. The molecule has 0 spiro atoms. The van der Waals surface area contributed by atoms with E-state index in [1.54, 1.807) is 6.92 Å². The van der Waals surface area contributed by atoms with Crippen molar-refractivity contribution in [2.24, 2.45) is 14.1 Å². The molecule has 0 atom stereocenters. The number of amides is 1. The topological polar surface area (TPSA) is 210 Å². The zero-order valence-corrected chi connectivity index (χ0v) is 26.8. The third kappa shape index (κ3) is 5.89. The first-order chi connectivity index (χ1) is 20.8. The average Bonchev–Trinajstić information content (AvgIpc) is 3.88. The Balaban J connectivity index is 0.000000179. The Hall–Kier alpha value is -4.35. The number of rotatable bonds is 6. The molecular weight excluding hydrogens is 628 g/mol. The molecule has 240 valence electrons. The molecule has 15 nitrogen and oxygen atoms in total. The van der Waals surface area contributed by atoms with Crippen molar-refractivity contribution in [3.63, 3.8) is 0 Å². The van der Waals surface area contributed by atoms with Crippen LogP contribution in [0.4, 0.5) is 0 Å². The summed E-state index contributed by atoms with van der Waals surface area (Å²) in [5, 5.41) is 0.239. The van der Waals surface area contributed by atoms with Crippen molar-refractivity contribution in [3.8, 4) is 0 Å². The van der Waals surface area contributed by atoms with Crippen molar-refractivity contribution in [1.82, 2.24) is 28.1 Å². The molecule has 1 amide bonds. The van der Waals surface area contributed by atoms with E-state index in [-0.39, 0.29) is 31.6 Å².